The van der Waals surface area contributed by atoms with Crippen molar-refractivity contribution in [2.75, 3.05) is 20.1 Å². The Balaban J connectivity index is 0. The summed E-state index contributed by atoms with van der Waals surface area (Å²) in [6.07, 6.45) is 3.68. The minimum Gasteiger partial charge on any atom is -0.310 e. The Morgan fingerprint density at radius 2 is 1.57 bits per heavy atom. The molecule has 0 aromatic heterocycles. The summed E-state index contributed by atoms with van der Waals surface area (Å²) in [5.74, 6) is 0. The SMILES string of the molecule is CCC.CCN(C)CCCc1ccc(CNC(C)C)cc1.[HH]. The second-order valence-electron chi connectivity index (χ2n) is 6.06. The first-order valence-corrected chi connectivity index (χ1v) is 8.53. The van der Waals surface area contributed by atoms with E-state index in [9.17, 15) is 0 Å². The van der Waals surface area contributed by atoms with E-state index in [0.717, 1.165) is 13.1 Å². The Bertz CT molecular complexity index is 336. The zero-order valence-electron chi connectivity index (χ0n) is 15.1. The summed E-state index contributed by atoms with van der Waals surface area (Å²) in [5.41, 5.74) is 2.82. The van der Waals surface area contributed by atoms with E-state index < -0.39 is 0 Å². The number of rotatable bonds is 8. The molecular formula is C19H38N2. The predicted molar refractivity (Wildman–Crippen MR) is 98.0 cm³/mol. The third-order valence-corrected chi connectivity index (χ3v) is 3.28. The van der Waals surface area contributed by atoms with Gasteiger partial charge >= 0.3 is 0 Å². The summed E-state index contributed by atoms with van der Waals surface area (Å²) < 4.78 is 0. The van der Waals surface area contributed by atoms with Gasteiger partial charge in [-0.3, -0.25) is 0 Å². The zero-order valence-corrected chi connectivity index (χ0v) is 15.1. The molecule has 0 heterocycles. The van der Waals surface area contributed by atoms with Gasteiger partial charge in [0.25, 0.3) is 0 Å². The van der Waals surface area contributed by atoms with Gasteiger partial charge < -0.3 is 10.2 Å². The summed E-state index contributed by atoms with van der Waals surface area (Å²) in [4.78, 5) is 2.36. The lowest BCUT2D eigenvalue weighted by Crippen LogP contribution is -2.21. The molecular weight excluding hydrogens is 256 g/mol. The molecule has 0 unspecified atom stereocenters. The molecule has 0 bridgehead atoms. The molecule has 2 nitrogen and oxygen atoms in total. The molecule has 0 aliphatic carbocycles. The number of hydrogen-bond acceptors (Lipinski definition) is 2. The molecule has 0 fully saturated rings. The maximum atomic E-state index is 3.44. The van der Waals surface area contributed by atoms with E-state index in [2.05, 4.69) is 76.1 Å². The van der Waals surface area contributed by atoms with Crippen LogP contribution < -0.4 is 5.32 Å². The normalized spacial score (nSPS) is 10.7. The fraction of sp³-hybridized carbons (Fsp3) is 0.684. The first kappa shape index (κ1) is 20.1. The lowest BCUT2D eigenvalue weighted by atomic mass is 10.1. The highest BCUT2D eigenvalue weighted by Gasteiger charge is 1.98. The maximum absolute atomic E-state index is 3.44. The molecule has 0 aliphatic rings. The number of hydrogen-bond donors (Lipinski definition) is 1. The highest BCUT2D eigenvalue weighted by molar-refractivity contribution is 5.22. The minimum absolute atomic E-state index is 0. The van der Waals surface area contributed by atoms with Gasteiger partial charge in [-0.25, -0.2) is 0 Å². The topological polar surface area (TPSA) is 15.3 Å². The van der Waals surface area contributed by atoms with Crippen LogP contribution in [0.5, 0.6) is 0 Å². The van der Waals surface area contributed by atoms with Crippen molar-refractivity contribution in [1.82, 2.24) is 10.2 Å². The number of aryl methyl sites for hydroxylation is 1. The number of nitrogens with one attached hydrogen (secondary N) is 1. The molecule has 0 radical (unpaired) electrons. The third kappa shape index (κ3) is 11.5. The van der Waals surface area contributed by atoms with Crippen LogP contribution in [-0.4, -0.2) is 31.1 Å². The van der Waals surface area contributed by atoms with E-state index in [-0.39, 0.29) is 1.43 Å². The lowest BCUT2D eigenvalue weighted by Gasteiger charge is -2.13. The molecule has 21 heavy (non-hydrogen) atoms. The van der Waals surface area contributed by atoms with Gasteiger partial charge in [-0.1, -0.05) is 65.3 Å². The van der Waals surface area contributed by atoms with Crippen molar-refractivity contribution in [3.63, 3.8) is 0 Å². The van der Waals surface area contributed by atoms with Crippen LogP contribution in [0.3, 0.4) is 0 Å². The number of nitrogens with zero attached hydrogens (tertiary/aromatic N) is 1. The number of benzene rings is 1. The molecule has 0 saturated heterocycles. The monoisotopic (exact) mass is 294 g/mol. The standard InChI is InChI=1S/C16H28N2.C3H8.H2/c1-5-18(4)12-6-7-15-8-10-16(11-9-15)13-17-14(2)3;1-3-2;/h8-11,14,17H,5-7,12-13H2,1-4H3;3H2,1-2H3;1H. The second-order valence-corrected chi connectivity index (χ2v) is 6.06. The van der Waals surface area contributed by atoms with E-state index in [1.807, 2.05) is 0 Å². The first-order chi connectivity index (χ1) is 10.0. The summed E-state index contributed by atoms with van der Waals surface area (Å²) in [7, 11) is 2.18. The highest BCUT2D eigenvalue weighted by Crippen LogP contribution is 2.07. The molecule has 1 aromatic rings. The van der Waals surface area contributed by atoms with Gasteiger partial charge in [-0.15, -0.1) is 0 Å². The van der Waals surface area contributed by atoms with Crippen LogP contribution in [0.25, 0.3) is 0 Å². The van der Waals surface area contributed by atoms with Gasteiger partial charge in [-0.2, -0.15) is 0 Å². The summed E-state index contributed by atoms with van der Waals surface area (Å²) >= 11 is 0. The van der Waals surface area contributed by atoms with E-state index in [1.54, 1.807) is 0 Å². The predicted octanol–water partition coefficient (Wildman–Crippen LogP) is 4.73. The highest BCUT2D eigenvalue weighted by atomic mass is 15.1. The van der Waals surface area contributed by atoms with Gasteiger partial charge in [-0.05, 0) is 44.1 Å². The lowest BCUT2D eigenvalue weighted by molar-refractivity contribution is 0.347. The van der Waals surface area contributed by atoms with Crippen LogP contribution in [0, 0.1) is 0 Å². The average Bonchev–Trinajstić information content (AvgIpc) is 2.47. The average molecular weight is 295 g/mol. The van der Waals surface area contributed by atoms with Crippen LogP contribution in [-0.2, 0) is 13.0 Å². The fourth-order valence-corrected chi connectivity index (χ4v) is 1.86. The van der Waals surface area contributed by atoms with E-state index >= 15 is 0 Å². The molecule has 0 saturated carbocycles. The van der Waals surface area contributed by atoms with Crippen molar-refractivity contribution >= 4 is 0 Å². The molecule has 1 aromatic carbocycles. The molecule has 0 aliphatic heterocycles. The van der Waals surface area contributed by atoms with Crippen LogP contribution in [0.15, 0.2) is 24.3 Å². The molecule has 0 amide bonds. The molecule has 1 rings (SSSR count). The fourth-order valence-electron chi connectivity index (χ4n) is 1.86. The van der Waals surface area contributed by atoms with Crippen molar-refractivity contribution in [3.8, 4) is 0 Å². The van der Waals surface area contributed by atoms with Crippen LogP contribution in [0.4, 0.5) is 0 Å². The summed E-state index contributed by atoms with van der Waals surface area (Å²) in [5, 5.41) is 3.44. The van der Waals surface area contributed by atoms with Crippen LogP contribution in [0.2, 0.25) is 0 Å². The third-order valence-electron chi connectivity index (χ3n) is 3.28. The largest absolute Gasteiger partial charge is 0.310 e. The van der Waals surface area contributed by atoms with Crippen molar-refractivity contribution in [1.29, 1.82) is 0 Å². The van der Waals surface area contributed by atoms with Crippen molar-refractivity contribution < 1.29 is 1.43 Å². The molecule has 0 atom stereocenters. The molecule has 0 spiro atoms. The molecule has 2 heteroatoms. The smallest absolute Gasteiger partial charge is 0.0207 e. The molecule has 1 N–H and O–H groups in total. The van der Waals surface area contributed by atoms with Gasteiger partial charge in [0.2, 0.25) is 0 Å². The second kappa shape index (κ2) is 12.8. The zero-order chi connectivity index (χ0) is 16.1. The Kier molecular flexibility index (Phi) is 12.3. The summed E-state index contributed by atoms with van der Waals surface area (Å²) in [6, 6.07) is 9.57. The quantitative estimate of drug-likeness (QED) is 0.745. The summed E-state index contributed by atoms with van der Waals surface area (Å²) in [6.45, 7) is 14.1. The van der Waals surface area contributed by atoms with Gasteiger partial charge in [0.15, 0.2) is 0 Å². The van der Waals surface area contributed by atoms with E-state index in [4.69, 9.17) is 0 Å². The van der Waals surface area contributed by atoms with Crippen molar-refractivity contribution in [2.45, 2.75) is 66.5 Å². The van der Waals surface area contributed by atoms with Gasteiger partial charge in [0.05, 0.1) is 0 Å². The minimum atomic E-state index is 0. The maximum Gasteiger partial charge on any atom is 0.0207 e. The Labute approximate surface area is 134 Å². The van der Waals surface area contributed by atoms with E-state index in [1.165, 1.54) is 36.9 Å². The van der Waals surface area contributed by atoms with Gasteiger partial charge in [0.1, 0.15) is 0 Å². The Morgan fingerprint density at radius 1 is 1.05 bits per heavy atom. The Morgan fingerprint density at radius 3 is 2.05 bits per heavy atom. The van der Waals surface area contributed by atoms with Crippen molar-refractivity contribution in [2.24, 2.45) is 0 Å². The Hall–Kier alpha value is -0.860. The van der Waals surface area contributed by atoms with Crippen LogP contribution >= 0.6 is 0 Å². The van der Waals surface area contributed by atoms with Crippen molar-refractivity contribution in [3.05, 3.63) is 35.4 Å². The first-order valence-electron chi connectivity index (χ1n) is 8.53. The van der Waals surface area contributed by atoms with Crippen LogP contribution in [0.1, 0.15) is 60.0 Å². The molecule has 124 valence electrons. The van der Waals surface area contributed by atoms with E-state index in [0.29, 0.717) is 6.04 Å². The van der Waals surface area contributed by atoms with Gasteiger partial charge in [0, 0.05) is 14.0 Å².